The SMILES string of the molecule is CC1=CC=CC2=CC=CC3=Cc4ccccc4OC123. The molecule has 1 spiro atoms. The van der Waals surface area contributed by atoms with Gasteiger partial charge in [-0.15, -0.1) is 0 Å². The summed E-state index contributed by atoms with van der Waals surface area (Å²) in [6.45, 7) is 2.14. The van der Waals surface area contributed by atoms with Crippen LogP contribution in [0.4, 0.5) is 0 Å². The summed E-state index contributed by atoms with van der Waals surface area (Å²) < 4.78 is 6.43. The maximum Gasteiger partial charge on any atom is 0.180 e. The summed E-state index contributed by atoms with van der Waals surface area (Å²) in [5.41, 5.74) is 4.37. The van der Waals surface area contributed by atoms with Crippen molar-refractivity contribution in [1.82, 2.24) is 0 Å². The Morgan fingerprint density at radius 2 is 1.74 bits per heavy atom. The average molecular weight is 246 g/mol. The topological polar surface area (TPSA) is 9.23 Å². The van der Waals surface area contributed by atoms with E-state index in [1.807, 2.05) is 18.2 Å². The molecular formula is C18H14O. The van der Waals surface area contributed by atoms with Crippen LogP contribution in [0.25, 0.3) is 6.08 Å². The first-order chi connectivity index (χ1) is 9.30. The van der Waals surface area contributed by atoms with Crippen molar-refractivity contribution in [2.75, 3.05) is 0 Å². The van der Waals surface area contributed by atoms with Gasteiger partial charge in [-0.1, -0.05) is 54.7 Å². The van der Waals surface area contributed by atoms with Crippen LogP contribution < -0.4 is 4.74 Å². The number of hydrogen-bond acceptors (Lipinski definition) is 1. The number of benzene rings is 1. The second kappa shape index (κ2) is 3.61. The van der Waals surface area contributed by atoms with Gasteiger partial charge in [0.15, 0.2) is 5.60 Å². The van der Waals surface area contributed by atoms with E-state index < -0.39 is 5.60 Å². The molecule has 0 N–H and O–H groups in total. The standard InChI is InChI=1S/C18H14O/c1-13-6-4-8-15-9-5-10-16-12-14-7-2-3-11-17(14)19-18(13,15)16/h2-12H,1H3. The zero-order chi connectivity index (χ0) is 12.9. The molecule has 0 aromatic heterocycles. The molecule has 2 aliphatic carbocycles. The van der Waals surface area contributed by atoms with E-state index in [2.05, 4.69) is 55.5 Å². The zero-order valence-electron chi connectivity index (χ0n) is 10.8. The van der Waals surface area contributed by atoms with Crippen molar-refractivity contribution in [2.45, 2.75) is 12.5 Å². The Morgan fingerprint density at radius 1 is 0.947 bits per heavy atom. The first-order valence-corrected chi connectivity index (χ1v) is 6.55. The Kier molecular flexibility index (Phi) is 2.02. The Hall–Kier alpha value is -2.28. The molecule has 0 bridgehead atoms. The summed E-state index contributed by atoms with van der Waals surface area (Å²) in [5.74, 6) is 0.954. The molecule has 0 saturated heterocycles. The fourth-order valence-corrected chi connectivity index (χ4v) is 3.07. The van der Waals surface area contributed by atoms with E-state index in [0.29, 0.717) is 0 Å². The minimum Gasteiger partial charge on any atom is -0.473 e. The van der Waals surface area contributed by atoms with Crippen molar-refractivity contribution in [1.29, 1.82) is 0 Å². The second-order valence-electron chi connectivity index (χ2n) is 5.11. The number of ether oxygens (including phenoxy) is 1. The molecule has 1 aromatic carbocycles. The molecule has 4 rings (SSSR count). The molecule has 0 fully saturated rings. The fourth-order valence-electron chi connectivity index (χ4n) is 3.07. The minimum absolute atomic E-state index is 0.419. The van der Waals surface area contributed by atoms with E-state index in [9.17, 15) is 0 Å². The highest BCUT2D eigenvalue weighted by Gasteiger charge is 2.44. The average Bonchev–Trinajstić information content (AvgIpc) is 2.44. The molecular weight excluding hydrogens is 232 g/mol. The summed E-state index contributed by atoms with van der Waals surface area (Å²) in [5, 5.41) is 0. The Morgan fingerprint density at radius 3 is 2.68 bits per heavy atom. The largest absolute Gasteiger partial charge is 0.473 e. The molecule has 92 valence electrons. The van der Waals surface area contributed by atoms with Gasteiger partial charge in [0.25, 0.3) is 0 Å². The summed E-state index contributed by atoms with van der Waals surface area (Å²) in [4.78, 5) is 0. The van der Waals surface area contributed by atoms with Gasteiger partial charge in [0.2, 0.25) is 0 Å². The number of allylic oxidation sites excluding steroid dienone is 4. The van der Waals surface area contributed by atoms with Gasteiger partial charge in [-0.3, -0.25) is 0 Å². The maximum atomic E-state index is 6.43. The third kappa shape index (κ3) is 1.30. The van der Waals surface area contributed by atoms with Gasteiger partial charge in [-0.25, -0.2) is 0 Å². The van der Waals surface area contributed by atoms with Crippen LogP contribution in [0.1, 0.15) is 12.5 Å². The highest BCUT2D eigenvalue weighted by atomic mass is 16.5. The third-order valence-electron chi connectivity index (χ3n) is 4.04. The lowest BCUT2D eigenvalue weighted by atomic mass is 9.73. The number of fused-ring (bicyclic) bond motifs is 1. The van der Waals surface area contributed by atoms with E-state index in [-0.39, 0.29) is 0 Å². The number of hydrogen-bond donors (Lipinski definition) is 0. The lowest BCUT2D eigenvalue weighted by Gasteiger charge is -2.43. The lowest BCUT2D eigenvalue weighted by Crippen LogP contribution is -2.44. The van der Waals surface area contributed by atoms with Gasteiger partial charge >= 0.3 is 0 Å². The Bertz CT molecular complexity index is 713. The first kappa shape index (κ1) is 10.6. The first-order valence-electron chi connectivity index (χ1n) is 6.55. The molecule has 1 atom stereocenters. The summed E-state index contributed by atoms with van der Waals surface area (Å²) in [6, 6.07) is 8.20. The minimum atomic E-state index is -0.419. The van der Waals surface area contributed by atoms with Gasteiger partial charge in [-0.05, 0) is 24.6 Å². The van der Waals surface area contributed by atoms with Crippen LogP contribution in [0.3, 0.4) is 0 Å². The van der Waals surface area contributed by atoms with Crippen molar-refractivity contribution in [3.8, 4) is 5.75 Å². The van der Waals surface area contributed by atoms with E-state index in [0.717, 1.165) is 11.3 Å². The highest BCUT2D eigenvalue weighted by Crippen LogP contribution is 2.47. The summed E-state index contributed by atoms with van der Waals surface area (Å²) >= 11 is 0. The van der Waals surface area contributed by atoms with E-state index >= 15 is 0 Å². The molecule has 0 saturated carbocycles. The fraction of sp³-hybridized carbons (Fsp3) is 0.111. The Labute approximate surface area is 112 Å². The van der Waals surface area contributed by atoms with Crippen molar-refractivity contribution >= 4 is 6.08 Å². The monoisotopic (exact) mass is 246 g/mol. The highest BCUT2D eigenvalue weighted by molar-refractivity contribution is 5.74. The van der Waals surface area contributed by atoms with Crippen molar-refractivity contribution in [3.63, 3.8) is 0 Å². The van der Waals surface area contributed by atoms with Crippen molar-refractivity contribution < 1.29 is 4.74 Å². The third-order valence-corrected chi connectivity index (χ3v) is 4.04. The summed E-state index contributed by atoms with van der Waals surface area (Å²) in [7, 11) is 0. The Balaban J connectivity index is 2.00. The smallest absolute Gasteiger partial charge is 0.180 e. The molecule has 0 amide bonds. The molecule has 1 nitrogen and oxygen atoms in total. The molecule has 3 aliphatic rings. The van der Waals surface area contributed by atoms with Gasteiger partial charge in [0.1, 0.15) is 5.75 Å². The molecule has 1 heterocycles. The maximum absolute atomic E-state index is 6.43. The lowest BCUT2D eigenvalue weighted by molar-refractivity contribution is 0.185. The zero-order valence-corrected chi connectivity index (χ0v) is 10.8. The van der Waals surface area contributed by atoms with Gasteiger partial charge in [-0.2, -0.15) is 0 Å². The molecule has 0 radical (unpaired) electrons. The molecule has 1 unspecified atom stereocenters. The molecule has 1 aliphatic heterocycles. The quantitative estimate of drug-likeness (QED) is 0.666. The normalized spacial score (nSPS) is 26.3. The van der Waals surface area contributed by atoms with Gasteiger partial charge in [0.05, 0.1) is 0 Å². The second-order valence-corrected chi connectivity index (χ2v) is 5.11. The van der Waals surface area contributed by atoms with Crippen LogP contribution >= 0.6 is 0 Å². The number of rotatable bonds is 0. The van der Waals surface area contributed by atoms with Crippen LogP contribution in [0.2, 0.25) is 0 Å². The summed E-state index contributed by atoms with van der Waals surface area (Å²) in [6.07, 6.45) is 15.0. The van der Waals surface area contributed by atoms with Crippen LogP contribution in [-0.4, -0.2) is 5.60 Å². The van der Waals surface area contributed by atoms with Gasteiger partial charge < -0.3 is 4.74 Å². The van der Waals surface area contributed by atoms with Crippen LogP contribution in [0.15, 0.2) is 77.4 Å². The van der Waals surface area contributed by atoms with Gasteiger partial charge in [0, 0.05) is 16.7 Å². The molecule has 1 heteroatoms. The molecule has 1 aromatic rings. The van der Waals surface area contributed by atoms with Crippen LogP contribution in [0.5, 0.6) is 5.75 Å². The molecule has 19 heavy (non-hydrogen) atoms. The predicted molar refractivity (Wildman–Crippen MR) is 77.9 cm³/mol. The van der Waals surface area contributed by atoms with E-state index in [4.69, 9.17) is 4.74 Å². The number of para-hydroxylation sites is 1. The predicted octanol–water partition coefficient (Wildman–Crippen LogP) is 4.21. The van der Waals surface area contributed by atoms with Crippen LogP contribution in [-0.2, 0) is 0 Å². The van der Waals surface area contributed by atoms with E-state index in [1.54, 1.807) is 0 Å². The van der Waals surface area contributed by atoms with Crippen molar-refractivity contribution in [2.24, 2.45) is 0 Å². The van der Waals surface area contributed by atoms with Crippen molar-refractivity contribution in [3.05, 3.63) is 83.0 Å². The van der Waals surface area contributed by atoms with Crippen LogP contribution in [0, 0.1) is 0 Å². The van der Waals surface area contributed by atoms with E-state index in [1.165, 1.54) is 16.7 Å².